The summed E-state index contributed by atoms with van der Waals surface area (Å²) in [7, 11) is 0. The summed E-state index contributed by atoms with van der Waals surface area (Å²) in [6, 6.07) is 20.7. The van der Waals surface area contributed by atoms with Crippen LogP contribution in [0.15, 0.2) is 79.1 Å². The molecule has 0 bridgehead atoms. The molecule has 6 nitrogen and oxygen atoms in total. The van der Waals surface area contributed by atoms with Gasteiger partial charge in [0.05, 0.1) is 5.56 Å². The summed E-state index contributed by atoms with van der Waals surface area (Å²) >= 11 is 0. The number of carbonyl (C=O) groups is 2. The lowest BCUT2D eigenvalue weighted by Crippen LogP contribution is -2.47. The van der Waals surface area contributed by atoms with Gasteiger partial charge >= 0.3 is 0 Å². The first-order valence-corrected chi connectivity index (χ1v) is 8.46. The van der Waals surface area contributed by atoms with Crippen molar-refractivity contribution in [3.05, 3.63) is 84.7 Å². The molecule has 3 rings (SSSR count). The maximum atomic E-state index is 12.1. The first-order chi connectivity index (χ1) is 13.1. The van der Waals surface area contributed by atoms with Gasteiger partial charge in [0.25, 0.3) is 11.8 Å². The Morgan fingerprint density at radius 1 is 0.889 bits per heavy atom. The van der Waals surface area contributed by atoms with Gasteiger partial charge in [0.1, 0.15) is 5.75 Å². The number of nitrogens with one attached hydrogen (secondary N) is 2. The van der Waals surface area contributed by atoms with Gasteiger partial charge in [0.2, 0.25) is 0 Å². The van der Waals surface area contributed by atoms with E-state index >= 15 is 0 Å². The molecule has 1 unspecified atom stereocenters. The fraction of sp³-hybridized carbons (Fsp3) is 0.0952. The van der Waals surface area contributed by atoms with E-state index < -0.39 is 17.9 Å². The van der Waals surface area contributed by atoms with E-state index in [4.69, 9.17) is 4.74 Å². The molecule has 136 valence electrons. The average Bonchev–Trinajstić information content (AvgIpc) is 2.73. The van der Waals surface area contributed by atoms with E-state index in [9.17, 15) is 9.59 Å². The molecule has 0 saturated heterocycles. The molecule has 0 aliphatic rings. The summed E-state index contributed by atoms with van der Waals surface area (Å²) in [6.07, 6.45) is 2.20. The number of pyridine rings is 1. The molecule has 1 aromatic heterocycles. The number of hydrogen-bond acceptors (Lipinski definition) is 4. The number of carbonyl (C=O) groups excluding carboxylic acids is 2. The van der Waals surface area contributed by atoms with E-state index in [0.717, 1.165) is 11.1 Å². The largest absolute Gasteiger partial charge is 0.481 e. The molecule has 27 heavy (non-hydrogen) atoms. The van der Waals surface area contributed by atoms with Gasteiger partial charge in [0.15, 0.2) is 6.10 Å². The minimum Gasteiger partial charge on any atom is -0.481 e. The normalized spacial score (nSPS) is 11.3. The number of hydrazine groups is 1. The summed E-state index contributed by atoms with van der Waals surface area (Å²) < 4.78 is 5.63. The van der Waals surface area contributed by atoms with Crippen molar-refractivity contribution >= 4 is 11.8 Å². The summed E-state index contributed by atoms with van der Waals surface area (Å²) in [5, 5.41) is 0. The predicted molar refractivity (Wildman–Crippen MR) is 102 cm³/mol. The van der Waals surface area contributed by atoms with Crippen molar-refractivity contribution in [2.75, 3.05) is 0 Å². The number of nitrogens with zero attached hydrogens (tertiary/aromatic N) is 1. The Balaban J connectivity index is 1.53. The second-order valence-corrected chi connectivity index (χ2v) is 5.84. The number of aromatic nitrogens is 1. The highest BCUT2D eigenvalue weighted by Gasteiger charge is 2.16. The van der Waals surface area contributed by atoms with Gasteiger partial charge in [0, 0.05) is 12.4 Å². The second kappa shape index (κ2) is 8.62. The zero-order valence-corrected chi connectivity index (χ0v) is 14.8. The number of rotatable bonds is 5. The van der Waals surface area contributed by atoms with Crippen LogP contribution in [0.5, 0.6) is 5.75 Å². The number of ether oxygens (including phenoxy) is 1. The van der Waals surface area contributed by atoms with Crippen molar-refractivity contribution in [1.82, 2.24) is 15.8 Å². The Labute approximate surface area is 157 Å². The third-order valence-corrected chi connectivity index (χ3v) is 3.87. The molecule has 0 spiro atoms. The lowest BCUT2D eigenvalue weighted by Gasteiger charge is -2.15. The highest BCUT2D eigenvalue weighted by Crippen LogP contribution is 2.22. The molecule has 1 atom stereocenters. The Kier molecular flexibility index (Phi) is 5.79. The maximum absolute atomic E-state index is 12.1. The van der Waals surface area contributed by atoms with Crippen LogP contribution in [-0.4, -0.2) is 22.9 Å². The summed E-state index contributed by atoms with van der Waals surface area (Å²) in [4.78, 5) is 27.9. The van der Waals surface area contributed by atoms with E-state index in [1.807, 2.05) is 42.5 Å². The second-order valence-electron chi connectivity index (χ2n) is 5.84. The molecule has 0 fully saturated rings. The first-order valence-electron chi connectivity index (χ1n) is 8.46. The van der Waals surface area contributed by atoms with Gasteiger partial charge in [-0.15, -0.1) is 0 Å². The lowest BCUT2D eigenvalue weighted by molar-refractivity contribution is -0.128. The van der Waals surface area contributed by atoms with Crippen molar-refractivity contribution in [1.29, 1.82) is 0 Å². The maximum Gasteiger partial charge on any atom is 0.279 e. The number of amides is 2. The third kappa shape index (κ3) is 4.92. The average molecular weight is 361 g/mol. The van der Waals surface area contributed by atoms with Crippen LogP contribution in [0.2, 0.25) is 0 Å². The van der Waals surface area contributed by atoms with Crippen molar-refractivity contribution < 1.29 is 14.3 Å². The number of benzene rings is 2. The van der Waals surface area contributed by atoms with Gasteiger partial charge in [-0.2, -0.15) is 0 Å². The van der Waals surface area contributed by atoms with Crippen LogP contribution in [0.4, 0.5) is 0 Å². The zero-order chi connectivity index (χ0) is 19.1. The standard InChI is InChI=1S/C21H19N3O3/c1-15(20(25)23-24-21(26)18-8-5-13-22-14-18)27-19-11-9-17(10-12-19)16-6-3-2-4-7-16/h2-15H,1H3,(H,23,25)(H,24,26). The molecule has 2 aromatic carbocycles. The third-order valence-electron chi connectivity index (χ3n) is 3.87. The van der Waals surface area contributed by atoms with Crippen LogP contribution in [-0.2, 0) is 4.79 Å². The molecule has 3 aromatic rings. The highest BCUT2D eigenvalue weighted by molar-refractivity contribution is 5.95. The topological polar surface area (TPSA) is 80.3 Å². The van der Waals surface area contributed by atoms with E-state index in [-0.39, 0.29) is 0 Å². The molecule has 0 radical (unpaired) electrons. The molecular formula is C21H19N3O3. The van der Waals surface area contributed by atoms with Crippen molar-refractivity contribution in [2.24, 2.45) is 0 Å². The van der Waals surface area contributed by atoms with E-state index in [2.05, 4.69) is 15.8 Å². The van der Waals surface area contributed by atoms with Gasteiger partial charge in [-0.05, 0) is 42.3 Å². The van der Waals surface area contributed by atoms with Crippen LogP contribution in [0, 0.1) is 0 Å². The Morgan fingerprint density at radius 3 is 2.26 bits per heavy atom. The molecule has 2 amide bonds. The first kappa shape index (κ1) is 18.1. The van der Waals surface area contributed by atoms with Crippen molar-refractivity contribution in [3.8, 4) is 16.9 Å². The Hall–Kier alpha value is -3.67. The smallest absolute Gasteiger partial charge is 0.279 e. The molecular weight excluding hydrogens is 342 g/mol. The van der Waals surface area contributed by atoms with Crippen LogP contribution >= 0.6 is 0 Å². The fourth-order valence-electron chi connectivity index (χ4n) is 2.40. The molecule has 1 heterocycles. The molecule has 0 aliphatic carbocycles. The predicted octanol–water partition coefficient (Wildman–Crippen LogP) is 2.98. The SMILES string of the molecule is CC(Oc1ccc(-c2ccccc2)cc1)C(=O)NNC(=O)c1cccnc1. The number of hydrogen-bond donors (Lipinski definition) is 2. The minimum atomic E-state index is -0.776. The minimum absolute atomic E-state index is 0.350. The van der Waals surface area contributed by atoms with Gasteiger partial charge < -0.3 is 4.74 Å². The molecule has 0 aliphatic heterocycles. The molecule has 0 saturated carbocycles. The summed E-state index contributed by atoms with van der Waals surface area (Å²) in [5.74, 6) is -0.342. The van der Waals surface area contributed by atoms with Crippen LogP contribution < -0.4 is 15.6 Å². The van der Waals surface area contributed by atoms with Gasteiger partial charge in [-0.25, -0.2) is 0 Å². The lowest BCUT2D eigenvalue weighted by atomic mass is 10.1. The quantitative estimate of drug-likeness (QED) is 0.685. The van der Waals surface area contributed by atoms with Crippen LogP contribution in [0.25, 0.3) is 11.1 Å². The summed E-state index contributed by atoms with van der Waals surface area (Å²) in [6.45, 7) is 1.61. The van der Waals surface area contributed by atoms with E-state index in [1.54, 1.807) is 37.4 Å². The van der Waals surface area contributed by atoms with Crippen molar-refractivity contribution in [2.45, 2.75) is 13.0 Å². The van der Waals surface area contributed by atoms with Crippen LogP contribution in [0.3, 0.4) is 0 Å². The monoisotopic (exact) mass is 361 g/mol. The Bertz CT molecular complexity index is 897. The van der Waals surface area contributed by atoms with E-state index in [0.29, 0.717) is 11.3 Å². The zero-order valence-electron chi connectivity index (χ0n) is 14.8. The molecule has 2 N–H and O–H groups in total. The Morgan fingerprint density at radius 2 is 1.59 bits per heavy atom. The van der Waals surface area contributed by atoms with Gasteiger partial charge in [-0.3, -0.25) is 25.4 Å². The van der Waals surface area contributed by atoms with Gasteiger partial charge in [-0.1, -0.05) is 42.5 Å². The van der Waals surface area contributed by atoms with Crippen LogP contribution in [0.1, 0.15) is 17.3 Å². The highest BCUT2D eigenvalue weighted by atomic mass is 16.5. The fourth-order valence-corrected chi connectivity index (χ4v) is 2.40. The van der Waals surface area contributed by atoms with E-state index in [1.165, 1.54) is 6.20 Å². The van der Waals surface area contributed by atoms with Crippen molar-refractivity contribution in [3.63, 3.8) is 0 Å². The molecule has 6 heteroatoms. The summed E-state index contributed by atoms with van der Waals surface area (Å²) in [5.41, 5.74) is 7.20.